The van der Waals surface area contributed by atoms with E-state index in [2.05, 4.69) is 9.47 Å². The van der Waals surface area contributed by atoms with Crippen LogP contribution >= 0.6 is 0 Å². The normalized spacial score (nSPS) is 14.1. The highest BCUT2D eigenvalue weighted by molar-refractivity contribution is 5.89. The minimum Gasteiger partial charge on any atom is -0.463 e. The summed E-state index contributed by atoms with van der Waals surface area (Å²) in [7, 11) is 0. The van der Waals surface area contributed by atoms with Gasteiger partial charge in [-0.3, -0.25) is 5.32 Å². The van der Waals surface area contributed by atoms with Crippen LogP contribution < -0.4 is 10.6 Å². The number of carbonyl (C=O) groups is 2. The predicted molar refractivity (Wildman–Crippen MR) is 80.6 cm³/mol. The number of hydrogen-bond donors (Lipinski definition) is 2. The molecular weight excluding hydrogens is 386 g/mol. The maximum absolute atomic E-state index is 13.7. The van der Waals surface area contributed by atoms with Gasteiger partial charge in [-0.15, -0.1) is 0 Å². The first-order valence-corrected chi connectivity index (χ1v) is 7.51. The van der Waals surface area contributed by atoms with Crippen LogP contribution in [0.2, 0.25) is 0 Å². The largest absolute Gasteiger partial charge is 0.463 e. The SMILES string of the molecule is CCOC(=O)N[C@](Nc1ccc(C(F)(F)F)cc1)(C(=O)OCC)C(F)(F)F. The van der Waals surface area contributed by atoms with Gasteiger partial charge >= 0.3 is 30.1 Å². The number of nitrogens with one attached hydrogen (secondary N) is 2. The second kappa shape index (κ2) is 8.35. The van der Waals surface area contributed by atoms with E-state index >= 15 is 0 Å². The average Bonchev–Trinajstić information content (AvgIpc) is 2.53. The molecule has 0 saturated heterocycles. The number of hydrogen-bond acceptors (Lipinski definition) is 5. The lowest BCUT2D eigenvalue weighted by Crippen LogP contribution is -2.69. The zero-order valence-corrected chi connectivity index (χ0v) is 14.1. The summed E-state index contributed by atoms with van der Waals surface area (Å²) >= 11 is 0. The Bertz CT molecular complexity index is 660. The Morgan fingerprint density at radius 1 is 0.926 bits per heavy atom. The van der Waals surface area contributed by atoms with Gasteiger partial charge in [-0.2, -0.15) is 26.3 Å². The molecule has 0 bridgehead atoms. The summed E-state index contributed by atoms with van der Waals surface area (Å²) in [5.41, 5.74) is -5.40. The predicted octanol–water partition coefficient (Wildman–Crippen LogP) is 3.69. The van der Waals surface area contributed by atoms with Gasteiger partial charge in [0.2, 0.25) is 0 Å². The van der Waals surface area contributed by atoms with Crippen LogP contribution in [0.1, 0.15) is 19.4 Å². The van der Waals surface area contributed by atoms with Gasteiger partial charge < -0.3 is 14.8 Å². The highest BCUT2D eigenvalue weighted by Crippen LogP contribution is 2.35. The molecule has 0 aliphatic carbocycles. The van der Waals surface area contributed by atoms with Crippen LogP contribution in [0.5, 0.6) is 0 Å². The highest BCUT2D eigenvalue weighted by atomic mass is 19.4. The zero-order valence-electron chi connectivity index (χ0n) is 14.1. The first-order valence-electron chi connectivity index (χ1n) is 7.51. The van der Waals surface area contributed by atoms with Crippen LogP contribution in [0.25, 0.3) is 0 Å². The van der Waals surface area contributed by atoms with Crippen molar-refractivity contribution in [1.82, 2.24) is 5.32 Å². The van der Waals surface area contributed by atoms with Crippen molar-refractivity contribution in [3.8, 4) is 0 Å². The third-order valence-electron chi connectivity index (χ3n) is 3.12. The van der Waals surface area contributed by atoms with Gasteiger partial charge in [0.1, 0.15) is 0 Å². The molecular formula is C15H16F6N2O4. The van der Waals surface area contributed by atoms with Crippen molar-refractivity contribution in [3.63, 3.8) is 0 Å². The number of anilines is 1. The number of rotatable bonds is 6. The molecule has 0 aliphatic heterocycles. The number of alkyl halides is 6. The maximum atomic E-state index is 13.7. The van der Waals surface area contributed by atoms with E-state index in [1.54, 1.807) is 5.32 Å². The zero-order chi connectivity index (χ0) is 20.9. The number of amides is 1. The van der Waals surface area contributed by atoms with E-state index in [0.29, 0.717) is 24.3 Å². The lowest BCUT2D eigenvalue weighted by molar-refractivity contribution is -0.205. The van der Waals surface area contributed by atoms with Crippen molar-refractivity contribution in [2.75, 3.05) is 18.5 Å². The molecule has 12 heteroatoms. The Morgan fingerprint density at radius 3 is 1.85 bits per heavy atom. The molecule has 152 valence electrons. The van der Waals surface area contributed by atoms with E-state index in [1.807, 2.05) is 0 Å². The lowest BCUT2D eigenvalue weighted by atomic mass is 10.1. The number of esters is 1. The van der Waals surface area contributed by atoms with E-state index < -0.39 is 47.9 Å². The minimum absolute atomic E-state index is 0.289. The molecule has 0 unspecified atom stereocenters. The van der Waals surface area contributed by atoms with Crippen molar-refractivity contribution in [1.29, 1.82) is 0 Å². The first-order chi connectivity index (χ1) is 12.4. The monoisotopic (exact) mass is 402 g/mol. The summed E-state index contributed by atoms with van der Waals surface area (Å²) in [5.74, 6) is -1.91. The third-order valence-corrected chi connectivity index (χ3v) is 3.12. The number of halogens is 6. The standard InChI is InChI=1S/C15H16F6N2O4/c1-3-26-11(24)13(15(19,20)21,23-12(25)27-4-2)22-10-7-5-9(6-8-10)14(16,17)18/h5-8,22H,3-4H2,1-2H3,(H,23,25)/t13-/m1/s1. The molecule has 0 aliphatic rings. The van der Waals surface area contributed by atoms with Crippen LogP contribution in [-0.2, 0) is 20.4 Å². The van der Waals surface area contributed by atoms with Gasteiger partial charge in [-0.05, 0) is 38.1 Å². The maximum Gasteiger partial charge on any atom is 0.442 e. The Balaban J connectivity index is 3.34. The second-order valence-electron chi connectivity index (χ2n) is 5.01. The molecule has 27 heavy (non-hydrogen) atoms. The van der Waals surface area contributed by atoms with E-state index in [1.165, 1.54) is 19.2 Å². The summed E-state index contributed by atoms with van der Waals surface area (Å²) in [6, 6.07) is 2.38. The Labute approximate surface area is 149 Å². The molecule has 6 nitrogen and oxygen atoms in total. The van der Waals surface area contributed by atoms with Crippen molar-refractivity contribution in [2.45, 2.75) is 31.9 Å². The van der Waals surface area contributed by atoms with Crippen molar-refractivity contribution >= 4 is 17.7 Å². The fourth-order valence-electron chi connectivity index (χ4n) is 1.91. The molecule has 0 saturated carbocycles. The van der Waals surface area contributed by atoms with E-state index in [4.69, 9.17) is 0 Å². The lowest BCUT2D eigenvalue weighted by Gasteiger charge is -2.34. The molecule has 1 atom stereocenters. The molecule has 0 radical (unpaired) electrons. The van der Waals surface area contributed by atoms with Gasteiger partial charge in [-0.1, -0.05) is 0 Å². The number of carbonyl (C=O) groups excluding carboxylic acids is 2. The molecule has 0 spiro atoms. The van der Waals surface area contributed by atoms with E-state index in [0.717, 1.165) is 0 Å². The van der Waals surface area contributed by atoms with Gasteiger partial charge in [-0.25, -0.2) is 9.59 Å². The molecule has 1 aromatic rings. The number of benzene rings is 1. The molecule has 2 N–H and O–H groups in total. The van der Waals surface area contributed by atoms with Crippen LogP contribution in [0.15, 0.2) is 24.3 Å². The Morgan fingerprint density at radius 2 is 1.44 bits per heavy atom. The quantitative estimate of drug-likeness (QED) is 0.431. The van der Waals surface area contributed by atoms with Crippen LogP contribution in [0.3, 0.4) is 0 Å². The molecule has 0 fully saturated rings. The summed E-state index contributed by atoms with van der Waals surface area (Å²) in [4.78, 5) is 23.6. The Kier molecular flexibility index (Phi) is 6.93. The molecule has 1 rings (SSSR count). The molecule has 1 aromatic carbocycles. The summed E-state index contributed by atoms with van der Waals surface area (Å²) in [6.07, 6.45) is -11.7. The van der Waals surface area contributed by atoms with E-state index in [9.17, 15) is 35.9 Å². The van der Waals surface area contributed by atoms with Gasteiger partial charge in [0.05, 0.1) is 18.8 Å². The first kappa shape index (κ1) is 22.4. The minimum atomic E-state index is -5.42. The summed E-state index contributed by atoms with van der Waals surface area (Å²) < 4.78 is 87.6. The van der Waals surface area contributed by atoms with Crippen molar-refractivity contribution in [3.05, 3.63) is 29.8 Å². The summed E-state index contributed by atoms with van der Waals surface area (Å²) in [6.45, 7) is 1.82. The Hall–Kier alpha value is -2.66. The van der Waals surface area contributed by atoms with Gasteiger partial charge in [0.25, 0.3) is 0 Å². The summed E-state index contributed by atoms with van der Waals surface area (Å²) in [5, 5.41) is 3.06. The fourth-order valence-corrected chi connectivity index (χ4v) is 1.91. The van der Waals surface area contributed by atoms with E-state index in [-0.39, 0.29) is 6.61 Å². The molecule has 0 heterocycles. The topological polar surface area (TPSA) is 76.7 Å². The van der Waals surface area contributed by atoms with Crippen LogP contribution in [-0.4, -0.2) is 37.1 Å². The second-order valence-corrected chi connectivity index (χ2v) is 5.01. The van der Waals surface area contributed by atoms with Crippen molar-refractivity contribution in [2.24, 2.45) is 0 Å². The molecule has 1 amide bonds. The fraction of sp³-hybridized carbons (Fsp3) is 0.467. The molecule has 0 aromatic heterocycles. The van der Waals surface area contributed by atoms with Gasteiger partial charge in [0, 0.05) is 5.69 Å². The number of ether oxygens (including phenoxy) is 2. The smallest absolute Gasteiger partial charge is 0.442 e. The van der Waals surface area contributed by atoms with Gasteiger partial charge in [0.15, 0.2) is 0 Å². The van der Waals surface area contributed by atoms with Crippen LogP contribution in [0, 0.1) is 0 Å². The highest BCUT2D eigenvalue weighted by Gasteiger charge is 2.64. The van der Waals surface area contributed by atoms with Crippen LogP contribution in [0.4, 0.5) is 36.8 Å². The average molecular weight is 402 g/mol. The number of alkyl carbamates (subject to hydrolysis) is 1. The third kappa shape index (κ3) is 5.41. The van der Waals surface area contributed by atoms with Crippen molar-refractivity contribution < 1.29 is 45.4 Å².